The number of hydrogen-bond acceptors (Lipinski definition) is 6. The molecule has 6 rings (SSSR count). The molecule has 1 aliphatic rings. The van der Waals surface area contributed by atoms with Gasteiger partial charge in [-0.2, -0.15) is 15.1 Å². The van der Waals surface area contributed by atoms with Gasteiger partial charge in [-0.25, -0.2) is 0 Å². The van der Waals surface area contributed by atoms with E-state index in [-0.39, 0.29) is 11.6 Å². The van der Waals surface area contributed by atoms with Crippen LogP contribution in [0.5, 0.6) is 11.8 Å². The Hall–Kier alpha value is -4.14. The molecule has 3 heterocycles. The van der Waals surface area contributed by atoms with Crippen LogP contribution in [0.4, 0.5) is 11.6 Å². The molecule has 0 spiro atoms. The Balaban J connectivity index is 1.37. The van der Waals surface area contributed by atoms with E-state index < -0.39 is 0 Å². The second-order valence-electron chi connectivity index (χ2n) is 7.37. The second kappa shape index (κ2) is 6.45. The molecule has 3 aromatic heterocycles. The Morgan fingerprint density at radius 3 is 2.80 bits per heavy atom. The van der Waals surface area contributed by atoms with Crippen molar-refractivity contribution in [2.75, 3.05) is 5.32 Å². The average molecular weight is 399 g/mol. The van der Waals surface area contributed by atoms with Crippen LogP contribution in [-0.4, -0.2) is 30.4 Å². The molecule has 0 saturated heterocycles. The van der Waals surface area contributed by atoms with Gasteiger partial charge in [0.1, 0.15) is 11.6 Å². The maximum Gasteiger partial charge on any atom is 0.324 e. The molecule has 0 aliphatic heterocycles. The third kappa shape index (κ3) is 2.96. The number of hydrogen-bond donors (Lipinski definition) is 4. The summed E-state index contributed by atoms with van der Waals surface area (Å²) in [6.45, 7) is 0. The summed E-state index contributed by atoms with van der Waals surface area (Å²) in [6, 6.07) is 15.1. The lowest BCUT2D eigenvalue weighted by molar-refractivity contribution is 0.445. The quantitative estimate of drug-likeness (QED) is 0.355. The summed E-state index contributed by atoms with van der Waals surface area (Å²) < 4.78 is 5.91. The van der Waals surface area contributed by atoms with E-state index >= 15 is 0 Å². The molecule has 1 saturated carbocycles. The number of aromatic nitrogens is 6. The van der Waals surface area contributed by atoms with Crippen molar-refractivity contribution in [2.24, 2.45) is 0 Å². The molecule has 9 heteroatoms. The molecule has 1 aliphatic carbocycles. The van der Waals surface area contributed by atoms with Crippen molar-refractivity contribution in [3.8, 4) is 11.8 Å². The van der Waals surface area contributed by atoms with E-state index in [4.69, 9.17) is 4.74 Å². The molecule has 0 amide bonds. The molecular formula is C21H17N7O2. The summed E-state index contributed by atoms with van der Waals surface area (Å²) in [4.78, 5) is 20.8. The summed E-state index contributed by atoms with van der Waals surface area (Å²) in [6.07, 6.45) is 2.40. The Morgan fingerprint density at radius 2 is 1.90 bits per heavy atom. The average Bonchev–Trinajstić information content (AvgIpc) is 3.40. The first-order valence-corrected chi connectivity index (χ1v) is 9.70. The van der Waals surface area contributed by atoms with E-state index in [0.717, 1.165) is 16.6 Å². The van der Waals surface area contributed by atoms with Crippen LogP contribution in [0.25, 0.3) is 21.8 Å². The molecule has 1 fully saturated rings. The Kier molecular flexibility index (Phi) is 3.61. The minimum Gasteiger partial charge on any atom is -0.424 e. The Bertz CT molecular complexity index is 1440. The molecule has 0 radical (unpaired) electrons. The number of rotatable bonds is 5. The smallest absolute Gasteiger partial charge is 0.324 e. The fourth-order valence-electron chi connectivity index (χ4n) is 3.51. The van der Waals surface area contributed by atoms with E-state index in [0.29, 0.717) is 34.2 Å². The van der Waals surface area contributed by atoms with Crippen molar-refractivity contribution in [1.29, 1.82) is 0 Å². The van der Waals surface area contributed by atoms with Crippen molar-refractivity contribution in [3.63, 3.8) is 0 Å². The van der Waals surface area contributed by atoms with Gasteiger partial charge >= 0.3 is 6.01 Å². The lowest BCUT2D eigenvalue weighted by atomic mass is 10.2. The highest BCUT2D eigenvalue weighted by atomic mass is 16.5. The van der Waals surface area contributed by atoms with Crippen LogP contribution >= 0.6 is 0 Å². The summed E-state index contributed by atoms with van der Waals surface area (Å²) in [5.74, 6) is 2.43. The van der Waals surface area contributed by atoms with E-state index in [1.54, 1.807) is 18.2 Å². The monoisotopic (exact) mass is 399 g/mol. The fourth-order valence-corrected chi connectivity index (χ4v) is 3.51. The summed E-state index contributed by atoms with van der Waals surface area (Å²) in [5, 5.41) is 17.5. The van der Waals surface area contributed by atoms with E-state index in [1.807, 2.05) is 30.3 Å². The van der Waals surface area contributed by atoms with Gasteiger partial charge in [0.05, 0.1) is 16.4 Å². The first-order chi connectivity index (χ1) is 14.7. The van der Waals surface area contributed by atoms with Crippen molar-refractivity contribution >= 4 is 33.4 Å². The van der Waals surface area contributed by atoms with Crippen molar-refractivity contribution in [2.45, 2.75) is 18.8 Å². The van der Waals surface area contributed by atoms with E-state index in [1.165, 1.54) is 12.8 Å². The molecule has 0 unspecified atom stereocenters. The predicted octanol–water partition coefficient (Wildman–Crippen LogP) is 3.94. The van der Waals surface area contributed by atoms with Crippen molar-refractivity contribution in [3.05, 3.63) is 64.6 Å². The molecular weight excluding hydrogens is 382 g/mol. The van der Waals surface area contributed by atoms with Crippen LogP contribution in [0.3, 0.4) is 0 Å². The minimum atomic E-state index is -0.172. The van der Waals surface area contributed by atoms with Crippen LogP contribution < -0.4 is 15.6 Å². The molecule has 148 valence electrons. The van der Waals surface area contributed by atoms with Crippen LogP contribution in [0.1, 0.15) is 24.5 Å². The van der Waals surface area contributed by atoms with Crippen LogP contribution in [0, 0.1) is 0 Å². The molecule has 30 heavy (non-hydrogen) atoms. The maximum atomic E-state index is 11.7. The zero-order valence-corrected chi connectivity index (χ0v) is 15.8. The SMILES string of the molecule is O=c1[nH][nH]c2cc(Oc3nc(Nc4cc(C5CC5)[nH]n4)c4ccccc4n3)ccc12. The maximum absolute atomic E-state index is 11.7. The summed E-state index contributed by atoms with van der Waals surface area (Å²) >= 11 is 0. The van der Waals surface area contributed by atoms with Crippen molar-refractivity contribution in [1.82, 2.24) is 30.4 Å². The fraction of sp³-hybridized carbons (Fsp3) is 0.143. The van der Waals surface area contributed by atoms with Gasteiger partial charge in [-0.15, -0.1) is 0 Å². The first kappa shape index (κ1) is 16.8. The number of fused-ring (bicyclic) bond motifs is 2. The van der Waals surface area contributed by atoms with E-state index in [9.17, 15) is 4.79 Å². The van der Waals surface area contributed by atoms with Gasteiger partial charge in [-0.05, 0) is 37.1 Å². The first-order valence-electron chi connectivity index (χ1n) is 9.70. The normalized spacial score (nSPS) is 13.7. The number of nitrogens with zero attached hydrogens (tertiary/aromatic N) is 3. The number of H-pyrrole nitrogens is 3. The van der Waals surface area contributed by atoms with Crippen LogP contribution in [0.15, 0.2) is 53.3 Å². The lowest BCUT2D eigenvalue weighted by Crippen LogP contribution is -2.00. The third-order valence-corrected chi connectivity index (χ3v) is 5.20. The van der Waals surface area contributed by atoms with Gasteiger partial charge in [0.15, 0.2) is 5.82 Å². The highest BCUT2D eigenvalue weighted by Crippen LogP contribution is 2.40. The summed E-state index contributed by atoms with van der Waals surface area (Å²) in [5.41, 5.74) is 2.37. The largest absolute Gasteiger partial charge is 0.424 e. The second-order valence-corrected chi connectivity index (χ2v) is 7.37. The zero-order valence-electron chi connectivity index (χ0n) is 15.8. The van der Waals surface area contributed by atoms with Gasteiger partial charge in [0.2, 0.25) is 0 Å². The third-order valence-electron chi connectivity index (χ3n) is 5.20. The summed E-state index contributed by atoms with van der Waals surface area (Å²) in [7, 11) is 0. The Labute approximate surface area is 169 Å². The highest BCUT2D eigenvalue weighted by molar-refractivity contribution is 5.90. The highest BCUT2D eigenvalue weighted by Gasteiger charge is 2.25. The zero-order chi connectivity index (χ0) is 20.1. The number of aromatic amines is 3. The minimum absolute atomic E-state index is 0.172. The van der Waals surface area contributed by atoms with Gasteiger partial charge < -0.3 is 10.1 Å². The molecule has 5 aromatic rings. The topological polar surface area (TPSA) is 124 Å². The predicted molar refractivity (Wildman–Crippen MR) is 112 cm³/mol. The number of para-hydroxylation sites is 1. The number of benzene rings is 2. The molecule has 0 atom stereocenters. The van der Waals surface area contributed by atoms with Gasteiger partial charge in [0.25, 0.3) is 5.56 Å². The van der Waals surface area contributed by atoms with Crippen LogP contribution in [0.2, 0.25) is 0 Å². The van der Waals surface area contributed by atoms with Gasteiger partial charge in [-0.3, -0.25) is 20.1 Å². The molecule has 0 bridgehead atoms. The lowest BCUT2D eigenvalue weighted by Gasteiger charge is -2.10. The molecule has 2 aromatic carbocycles. The Morgan fingerprint density at radius 1 is 1.00 bits per heavy atom. The number of nitrogens with one attached hydrogen (secondary N) is 4. The molecule has 9 nitrogen and oxygen atoms in total. The standard InChI is InChI=1S/C21H17N7O2/c29-20-14-8-7-12(9-17(14)26-28-20)30-21-22-15-4-2-1-3-13(15)19(24-21)23-18-10-16(25-27-18)11-5-6-11/h1-4,7-11H,5-6H2,(H2,26,28,29)(H2,22,23,24,25,27). The van der Waals surface area contributed by atoms with Crippen LogP contribution in [-0.2, 0) is 0 Å². The van der Waals surface area contributed by atoms with Crippen molar-refractivity contribution < 1.29 is 4.74 Å². The molecule has 4 N–H and O–H groups in total. The van der Waals surface area contributed by atoms with E-state index in [2.05, 4.69) is 35.7 Å². The van der Waals surface area contributed by atoms with Gasteiger partial charge in [-0.1, -0.05) is 12.1 Å². The number of ether oxygens (including phenoxy) is 1. The van der Waals surface area contributed by atoms with Gasteiger partial charge in [0, 0.05) is 29.1 Å². The number of anilines is 2.